The van der Waals surface area contributed by atoms with E-state index >= 15 is 0 Å². The summed E-state index contributed by atoms with van der Waals surface area (Å²) < 4.78 is 39.9. The van der Waals surface area contributed by atoms with Gasteiger partial charge in [0.1, 0.15) is 5.82 Å². The molecule has 27 heavy (non-hydrogen) atoms. The van der Waals surface area contributed by atoms with Crippen LogP contribution < -0.4 is 4.90 Å². The third-order valence-electron chi connectivity index (χ3n) is 6.08. The zero-order chi connectivity index (χ0) is 19.3. The molecule has 0 saturated carbocycles. The van der Waals surface area contributed by atoms with Gasteiger partial charge in [-0.05, 0) is 37.0 Å². The maximum absolute atomic E-state index is 13.3. The Morgan fingerprint density at radius 2 is 1.96 bits per heavy atom. The second kappa shape index (κ2) is 6.63. The van der Waals surface area contributed by atoms with Crippen LogP contribution in [0.2, 0.25) is 0 Å². The average molecular weight is 382 g/mol. The lowest BCUT2D eigenvalue weighted by Gasteiger charge is -2.52. The number of rotatable bonds is 2. The minimum absolute atomic E-state index is 0.108. The second-order valence-electron chi connectivity index (χ2n) is 8.40. The van der Waals surface area contributed by atoms with Crippen molar-refractivity contribution >= 4 is 11.7 Å². The van der Waals surface area contributed by atoms with Crippen LogP contribution in [-0.4, -0.2) is 46.5 Å². The first-order valence-electron chi connectivity index (χ1n) is 9.73. The number of carbonyl (C=O) groups is 1. The molecule has 1 aromatic heterocycles. The number of carbonyl (C=O) groups excluding carboxylic acids is 1. The van der Waals surface area contributed by atoms with Crippen LogP contribution in [0.1, 0.15) is 57.0 Å². The van der Waals surface area contributed by atoms with Gasteiger partial charge in [0.15, 0.2) is 0 Å². The van der Waals surface area contributed by atoms with Crippen molar-refractivity contribution in [2.75, 3.05) is 24.5 Å². The molecule has 1 aromatic rings. The van der Waals surface area contributed by atoms with E-state index in [4.69, 9.17) is 0 Å². The lowest BCUT2D eigenvalue weighted by molar-refractivity contribution is -0.145. The maximum atomic E-state index is 13.3. The molecule has 4 rings (SSSR count). The van der Waals surface area contributed by atoms with Crippen molar-refractivity contribution < 1.29 is 18.0 Å². The molecule has 3 aliphatic heterocycles. The first kappa shape index (κ1) is 18.5. The molecule has 2 bridgehead atoms. The topological polar surface area (TPSA) is 49.3 Å². The summed E-state index contributed by atoms with van der Waals surface area (Å²) in [4.78, 5) is 23.9. The summed E-state index contributed by atoms with van der Waals surface area (Å²) in [6.45, 7) is 5.67. The Balaban J connectivity index is 1.63. The highest BCUT2D eigenvalue weighted by Crippen LogP contribution is 2.39. The number of piperidine rings is 3. The minimum atomic E-state index is -4.56. The number of anilines is 1. The zero-order valence-electron chi connectivity index (χ0n) is 15.7. The molecule has 3 aliphatic rings. The van der Waals surface area contributed by atoms with Crippen molar-refractivity contribution in [1.82, 2.24) is 14.9 Å². The van der Waals surface area contributed by atoms with Crippen molar-refractivity contribution in [2.45, 2.75) is 57.7 Å². The van der Waals surface area contributed by atoms with Gasteiger partial charge in [0.05, 0.1) is 0 Å². The Kier molecular flexibility index (Phi) is 4.55. The molecule has 3 atom stereocenters. The number of aromatic nitrogens is 2. The number of hydrogen-bond donors (Lipinski definition) is 0. The summed E-state index contributed by atoms with van der Waals surface area (Å²) in [6, 6.07) is 1.92. The normalized spacial score (nSPS) is 28.5. The van der Waals surface area contributed by atoms with Crippen molar-refractivity contribution in [1.29, 1.82) is 0 Å². The van der Waals surface area contributed by atoms with Gasteiger partial charge in [-0.15, -0.1) is 0 Å². The number of alkyl halides is 3. The molecular weight excluding hydrogens is 357 g/mol. The van der Waals surface area contributed by atoms with Gasteiger partial charge in [-0.3, -0.25) is 4.79 Å². The molecule has 2 unspecified atom stereocenters. The summed E-state index contributed by atoms with van der Waals surface area (Å²) in [5.41, 5.74) is 0.414. The standard InChI is InChI=1S/C19H25F3N4O/c1-11(2)14-7-16(24-18(23-14)19(20,21)22)25-8-12-6-13(10-25)15-4-3-5-17(27)26(15)9-12/h7,11-13,15H,3-6,8-10H2,1-2H3/t12?,13?,15-/m0/s1. The van der Waals surface area contributed by atoms with Crippen LogP contribution in [0.4, 0.5) is 19.0 Å². The molecule has 4 heterocycles. The van der Waals surface area contributed by atoms with Gasteiger partial charge >= 0.3 is 6.18 Å². The Hall–Kier alpha value is -1.86. The predicted molar refractivity (Wildman–Crippen MR) is 94.3 cm³/mol. The molecule has 148 valence electrons. The van der Waals surface area contributed by atoms with Gasteiger partial charge in [0.2, 0.25) is 11.7 Å². The maximum Gasteiger partial charge on any atom is 0.451 e. The lowest BCUT2D eigenvalue weighted by Crippen LogP contribution is -2.60. The summed E-state index contributed by atoms with van der Waals surface area (Å²) in [5, 5.41) is 0. The molecule has 8 heteroatoms. The molecule has 0 aromatic carbocycles. The van der Waals surface area contributed by atoms with Crippen LogP contribution in [0.15, 0.2) is 6.07 Å². The Morgan fingerprint density at radius 3 is 2.67 bits per heavy atom. The van der Waals surface area contributed by atoms with E-state index in [1.54, 1.807) is 6.07 Å². The van der Waals surface area contributed by atoms with Gasteiger partial charge < -0.3 is 9.80 Å². The summed E-state index contributed by atoms with van der Waals surface area (Å²) in [6.07, 6.45) is -0.995. The minimum Gasteiger partial charge on any atom is -0.356 e. The molecule has 3 saturated heterocycles. The van der Waals surface area contributed by atoms with Crippen LogP contribution >= 0.6 is 0 Å². The van der Waals surface area contributed by atoms with E-state index in [1.807, 2.05) is 23.6 Å². The van der Waals surface area contributed by atoms with Gasteiger partial charge in [0.25, 0.3) is 0 Å². The zero-order valence-corrected chi connectivity index (χ0v) is 15.7. The molecule has 0 radical (unpaired) electrons. The third kappa shape index (κ3) is 3.50. The van der Waals surface area contributed by atoms with E-state index < -0.39 is 12.0 Å². The van der Waals surface area contributed by atoms with Crippen LogP contribution in [0.25, 0.3) is 0 Å². The Morgan fingerprint density at radius 1 is 1.19 bits per heavy atom. The van der Waals surface area contributed by atoms with E-state index in [9.17, 15) is 18.0 Å². The average Bonchev–Trinajstić information content (AvgIpc) is 2.61. The highest BCUT2D eigenvalue weighted by Gasteiger charge is 2.44. The second-order valence-corrected chi connectivity index (χ2v) is 8.40. The fourth-order valence-corrected chi connectivity index (χ4v) is 4.83. The predicted octanol–water partition coefficient (Wildman–Crippen LogP) is 3.46. The molecule has 0 N–H and O–H groups in total. The number of halogens is 3. The molecular formula is C19H25F3N4O. The Labute approximate surface area is 157 Å². The van der Waals surface area contributed by atoms with Crippen LogP contribution in [0, 0.1) is 11.8 Å². The van der Waals surface area contributed by atoms with Crippen molar-refractivity contribution in [3.8, 4) is 0 Å². The molecule has 1 amide bonds. The van der Waals surface area contributed by atoms with E-state index in [2.05, 4.69) is 9.97 Å². The fourth-order valence-electron chi connectivity index (χ4n) is 4.83. The van der Waals surface area contributed by atoms with Gasteiger partial charge in [-0.1, -0.05) is 13.8 Å². The highest BCUT2D eigenvalue weighted by atomic mass is 19.4. The van der Waals surface area contributed by atoms with Gasteiger partial charge in [-0.2, -0.15) is 13.2 Å². The van der Waals surface area contributed by atoms with E-state index in [-0.39, 0.29) is 23.8 Å². The smallest absolute Gasteiger partial charge is 0.356 e. The Bertz CT molecular complexity index is 736. The van der Waals surface area contributed by atoms with Crippen LogP contribution in [-0.2, 0) is 11.0 Å². The van der Waals surface area contributed by atoms with Gasteiger partial charge in [-0.25, -0.2) is 9.97 Å². The van der Waals surface area contributed by atoms with E-state index in [0.717, 1.165) is 19.3 Å². The number of hydrogen-bond acceptors (Lipinski definition) is 4. The third-order valence-corrected chi connectivity index (χ3v) is 6.08. The van der Waals surface area contributed by atoms with Crippen LogP contribution in [0.5, 0.6) is 0 Å². The van der Waals surface area contributed by atoms with E-state index in [0.29, 0.717) is 43.5 Å². The molecule has 0 aliphatic carbocycles. The van der Waals surface area contributed by atoms with Crippen molar-refractivity contribution in [2.24, 2.45) is 11.8 Å². The summed E-state index contributed by atoms with van der Waals surface area (Å²) in [7, 11) is 0. The fraction of sp³-hybridized carbons (Fsp3) is 0.737. The molecule has 3 fully saturated rings. The van der Waals surface area contributed by atoms with Crippen molar-refractivity contribution in [3.05, 3.63) is 17.6 Å². The highest BCUT2D eigenvalue weighted by molar-refractivity contribution is 5.77. The molecule has 0 spiro atoms. The first-order valence-corrected chi connectivity index (χ1v) is 9.73. The number of fused-ring (bicyclic) bond motifs is 4. The summed E-state index contributed by atoms with van der Waals surface area (Å²) in [5.74, 6) is 0.0177. The lowest BCUT2D eigenvalue weighted by atomic mass is 9.76. The van der Waals surface area contributed by atoms with Gasteiger partial charge in [0, 0.05) is 43.9 Å². The SMILES string of the molecule is CC(C)c1cc(N2CC3CC(C2)[C@@H]2CCCC(=O)N2C3)nc(C(F)(F)F)n1. The first-order chi connectivity index (χ1) is 12.7. The van der Waals surface area contributed by atoms with Crippen LogP contribution in [0.3, 0.4) is 0 Å². The molecule has 5 nitrogen and oxygen atoms in total. The summed E-state index contributed by atoms with van der Waals surface area (Å²) >= 11 is 0. The van der Waals surface area contributed by atoms with E-state index in [1.165, 1.54) is 0 Å². The largest absolute Gasteiger partial charge is 0.451 e. The monoisotopic (exact) mass is 382 g/mol. The quantitative estimate of drug-likeness (QED) is 0.786. The number of amides is 1. The van der Waals surface area contributed by atoms with Crippen molar-refractivity contribution in [3.63, 3.8) is 0 Å². The number of nitrogens with zero attached hydrogens (tertiary/aromatic N) is 4.